The summed E-state index contributed by atoms with van der Waals surface area (Å²) in [5.74, 6) is -7.03. The number of alkyl halides is 11. The van der Waals surface area contributed by atoms with Crippen LogP contribution in [0.15, 0.2) is 0 Å². The first kappa shape index (κ1) is 19.1. The van der Waals surface area contributed by atoms with Crippen LogP contribution in [-0.4, -0.2) is 42.5 Å². The van der Waals surface area contributed by atoms with E-state index in [4.69, 9.17) is 0 Å². The van der Waals surface area contributed by atoms with Crippen molar-refractivity contribution in [3.8, 4) is 0 Å². The molecule has 0 aliphatic rings. The minimum atomic E-state index is -7.23. The van der Waals surface area contributed by atoms with E-state index in [0.717, 1.165) is 0 Å². The Balaban J connectivity index is 5.77. The Morgan fingerprint density at radius 1 is 0.700 bits per heavy atom. The van der Waals surface area contributed by atoms with E-state index < -0.39 is 35.4 Å². The highest BCUT2D eigenvalue weighted by molar-refractivity contribution is 4.92. The predicted octanol–water partition coefficient (Wildman–Crippen LogP) is 3.80. The molecule has 122 valence electrons. The molecule has 0 aromatic carbocycles. The van der Waals surface area contributed by atoms with Crippen molar-refractivity contribution >= 4 is 0 Å². The monoisotopic (exact) mass is 333 g/mol. The van der Waals surface area contributed by atoms with Crippen LogP contribution in [0.4, 0.5) is 52.8 Å². The van der Waals surface area contributed by atoms with Gasteiger partial charge in [-0.2, -0.15) is 48.3 Å². The third-order valence-corrected chi connectivity index (χ3v) is 1.83. The van der Waals surface area contributed by atoms with Crippen molar-refractivity contribution < 1.29 is 57.5 Å². The largest absolute Gasteiger partial charge is 0.472 e. The highest BCUT2D eigenvalue weighted by Crippen LogP contribution is 2.52. The normalized spacial score (nSPS) is 15.9. The fraction of sp³-hybridized carbons (Fsp3) is 1.00. The number of rotatable bonds is 5. The van der Waals surface area contributed by atoms with Gasteiger partial charge in [-0.1, -0.05) is 0 Å². The number of halogens is 12. The molecule has 0 unspecified atom stereocenters. The molecule has 0 fully saturated rings. The molecule has 0 aromatic rings. The van der Waals surface area contributed by atoms with Crippen LogP contribution in [0.2, 0.25) is 0 Å². The maximum Gasteiger partial charge on any atom is 0.472 e. The molecule has 0 amide bonds. The van der Waals surface area contributed by atoms with Gasteiger partial charge in [0.2, 0.25) is 0 Å². The van der Waals surface area contributed by atoms with Crippen LogP contribution in [0.5, 0.6) is 0 Å². The van der Waals surface area contributed by atoms with Crippen LogP contribution >= 0.6 is 0 Å². The van der Waals surface area contributed by atoms with E-state index in [-0.39, 0.29) is 7.11 Å². The van der Waals surface area contributed by atoms with Crippen LogP contribution in [0.3, 0.4) is 0 Å². The first-order chi connectivity index (χ1) is 8.47. The molecule has 14 heteroatoms. The number of methoxy groups -OCH3 is 1. The Kier molecular flexibility index (Phi) is 4.60. The second kappa shape index (κ2) is 4.82. The van der Waals surface area contributed by atoms with E-state index >= 15 is 0 Å². The van der Waals surface area contributed by atoms with Gasteiger partial charge in [-0.25, -0.2) is 0 Å². The van der Waals surface area contributed by atoms with Gasteiger partial charge in [0.25, 0.3) is 0 Å². The van der Waals surface area contributed by atoms with Gasteiger partial charge in [-0.15, -0.1) is 4.48 Å². The Morgan fingerprint density at radius 2 is 1.05 bits per heavy atom. The topological polar surface area (TPSA) is 12.5 Å². The van der Waals surface area contributed by atoms with Crippen LogP contribution < -0.4 is 0 Å². The average molecular weight is 333 g/mol. The third kappa shape index (κ3) is 2.62. The molecule has 0 bridgehead atoms. The quantitative estimate of drug-likeness (QED) is 0.431. The summed E-state index contributed by atoms with van der Waals surface area (Å²) < 4.78 is 149. The minimum absolute atomic E-state index is 0.283. The van der Waals surface area contributed by atoms with Gasteiger partial charge >= 0.3 is 30.3 Å². The zero-order chi connectivity index (χ0) is 16.8. The molecule has 20 heavy (non-hydrogen) atoms. The SMILES string of the molecule is COC(F)(F)C(F)(F)C(F)(F)N(F)C(F)(F)C(F)(F)F. The van der Waals surface area contributed by atoms with Crippen LogP contribution in [0, 0.1) is 0 Å². The Bertz CT molecular complexity index is 348. The lowest BCUT2D eigenvalue weighted by molar-refractivity contribution is -0.494. The van der Waals surface area contributed by atoms with Gasteiger partial charge in [0.05, 0.1) is 0 Å². The molecular formula is C6H3F12NO. The zero-order valence-electron chi connectivity index (χ0n) is 8.89. The predicted molar refractivity (Wildman–Crippen MR) is 35.8 cm³/mol. The van der Waals surface area contributed by atoms with Gasteiger partial charge in [-0.3, -0.25) is 0 Å². The second-order valence-corrected chi connectivity index (χ2v) is 3.16. The van der Waals surface area contributed by atoms with Crippen LogP contribution in [0.1, 0.15) is 0 Å². The second-order valence-electron chi connectivity index (χ2n) is 3.16. The van der Waals surface area contributed by atoms with E-state index in [9.17, 15) is 52.8 Å². The number of nitrogens with zero attached hydrogens (tertiary/aromatic N) is 1. The summed E-state index contributed by atoms with van der Waals surface area (Å²) in [5, 5.41) is -3.99. The number of hydrogen-bond acceptors (Lipinski definition) is 2. The van der Waals surface area contributed by atoms with Gasteiger partial charge in [0.15, 0.2) is 0 Å². The summed E-state index contributed by atoms with van der Waals surface area (Å²) in [4.78, 5) is 0. The van der Waals surface area contributed by atoms with Crippen molar-refractivity contribution in [3.63, 3.8) is 0 Å². The minimum Gasteiger partial charge on any atom is -0.319 e. The summed E-state index contributed by atoms with van der Waals surface area (Å²) in [5.41, 5.74) is 0. The van der Waals surface area contributed by atoms with E-state index in [1.165, 1.54) is 0 Å². The lowest BCUT2D eigenvalue weighted by atomic mass is 10.2. The molecule has 0 aliphatic heterocycles. The van der Waals surface area contributed by atoms with Crippen molar-refractivity contribution in [1.29, 1.82) is 0 Å². The molecule has 0 heterocycles. The summed E-state index contributed by atoms with van der Waals surface area (Å²) >= 11 is 0. The van der Waals surface area contributed by atoms with E-state index in [1.807, 2.05) is 0 Å². The summed E-state index contributed by atoms with van der Waals surface area (Å²) in [6, 6.07) is -14.4. The third-order valence-electron chi connectivity index (χ3n) is 1.83. The lowest BCUT2D eigenvalue weighted by Gasteiger charge is -2.36. The summed E-state index contributed by atoms with van der Waals surface area (Å²) in [7, 11) is -0.283. The summed E-state index contributed by atoms with van der Waals surface area (Å²) in [6.45, 7) is 0. The van der Waals surface area contributed by atoms with Gasteiger partial charge in [0.1, 0.15) is 0 Å². The van der Waals surface area contributed by atoms with Crippen molar-refractivity contribution in [2.75, 3.05) is 7.11 Å². The fourth-order valence-electron chi connectivity index (χ4n) is 0.714. The zero-order valence-corrected chi connectivity index (χ0v) is 8.89. The van der Waals surface area contributed by atoms with Crippen LogP contribution in [-0.2, 0) is 4.74 Å². The van der Waals surface area contributed by atoms with E-state index in [2.05, 4.69) is 4.74 Å². The van der Waals surface area contributed by atoms with Gasteiger partial charge in [0, 0.05) is 12.2 Å². The molecule has 0 rings (SSSR count). The van der Waals surface area contributed by atoms with Gasteiger partial charge < -0.3 is 4.74 Å². The summed E-state index contributed by atoms with van der Waals surface area (Å²) in [6.07, 6.45) is -13.3. The fourth-order valence-corrected chi connectivity index (χ4v) is 0.714. The molecule has 0 spiro atoms. The smallest absolute Gasteiger partial charge is 0.319 e. The molecular weight excluding hydrogens is 330 g/mol. The van der Waals surface area contributed by atoms with Crippen LogP contribution in [0.25, 0.3) is 0 Å². The molecule has 2 nitrogen and oxygen atoms in total. The number of ether oxygens (including phenoxy) is 1. The highest BCUT2D eigenvalue weighted by Gasteiger charge is 2.82. The highest BCUT2D eigenvalue weighted by atomic mass is 19.4. The molecule has 0 aromatic heterocycles. The number of hydrogen-bond donors (Lipinski definition) is 0. The standard InChI is InChI=1S/C6H3F12NO/c1-20-6(16,17)2(7,8)4(12,13)19(18)5(14,15)3(9,10)11/h1H3. The molecule has 0 aliphatic carbocycles. The van der Waals surface area contributed by atoms with Gasteiger partial charge in [-0.05, 0) is 0 Å². The Labute approximate surface area is 101 Å². The molecule has 0 N–H and O–H groups in total. The Hall–Kier alpha value is -0.920. The first-order valence-corrected chi connectivity index (χ1v) is 4.06. The molecule has 0 saturated heterocycles. The van der Waals surface area contributed by atoms with Crippen molar-refractivity contribution in [2.45, 2.75) is 30.3 Å². The van der Waals surface area contributed by atoms with Crippen molar-refractivity contribution in [2.24, 2.45) is 0 Å². The first-order valence-electron chi connectivity index (χ1n) is 4.06. The molecule has 0 radical (unpaired) electrons. The Morgan fingerprint density at radius 3 is 1.30 bits per heavy atom. The van der Waals surface area contributed by atoms with Crippen molar-refractivity contribution in [3.05, 3.63) is 0 Å². The maximum absolute atomic E-state index is 12.6. The maximum atomic E-state index is 12.6. The van der Waals surface area contributed by atoms with E-state index in [0.29, 0.717) is 0 Å². The van der Waals surface area contributed by atoms with Crippen molar-refractivity contribution in [1.82, 2.24) is 5.12 Å². The molecule has 0 atom stereocenters. The lowest BCUT2D eigenvalue weighted by Crippen LogP contribution is -2.66. The molecule has 0 saturated carbocycles. The average Bonchev–Trinajstić information content (AvgIpc) is 2.25. The van der Waals surface area contributed by atoms with E-state index in [1.54, 1.807) is 0 Å².